The Morgan fingerprint density at radius 2 is 2.16 bits per heavy atom. The number of hydrogen-bond donors (Lipinski definition) is 1. The van der Waals surface area contributed by atoms with Crippen LogP contribution in [0.2, 0.25) is 5.02 Å². The molecule has 0 unspecified atom stereocenters. The lowest BCUT2D eigenvalue weighted by atomic mass is 9.81. The summed E-state index contributed by atoms with van der Waals surface area (Å²) in [5.74, 6) is 2.25. The Bertz CT molecular complexity index is 894. The van der Waals surface area contributed by atoms with Crippen molar-refractivity contribution in [2.45, 2.75) is 23.8 Å². The van der Waals surface area contributed by atoms with Crippen LogP contribution in [-0.4, -0.2) is 33.8 Å². The van der Waals surface area contributed by atoms with Crippen molar-refractivity contribution in [3.63, 3.8) is 0 Å². The summed E-state index contributed by atoms with van der Waals surface area (Å²) < 4.78 is 13.8. The quantitative estimate of drug-likeness (QED) is 0.652. The molecule has 4 nitrogen and oxygen atoms in total. The van der Waals surface area contributed by atoms with Gasteiger partial charge >= 0.3 is 0 Å². The zero-order valence-corrected chi connectivity index (χ0v) is 15.3. The van der Waals surface area contributed by atoms with Crippen LogP contribution in [-0.2, 0) is 0 Å². The molecule has 0 spiro atoms. The van der Waals surface area contributed by atoms with Crippen molar-refractivity contribution in [3.8, 4) is 0 Å². The molecule has 0 bridgehead atoms. The molecule has 7 heteroatoms. The van der Waals surface area contributed by atoms with E-state index in [4.69, 9.17) is 11.6 Å². The van der Waals surface area contributed by atoms with Gasteiger partial charge < -0.3 is 9.88 Å². The first-order valence-corrected chi connectivity index (χ1v) is 9.57. The van der Waals surface area contributed by atoms with E-state index in [1.165, 1.54) is 6.07 Å². The number of rotatable bonds is 5. The third kappa shape index (κ3) is 3.33. The molecule has 1 N–H and O–H groups in total. The van der Waals surface area contributed by atoms with Gasteiger partial charge in [0.25, 0.3) is 0 Å². The van der Waals surface area contributed by atoms with Crippen LogP contribution in [0.1, 0.15) is 12.8 Å². The third-order valence-electron chi connectivity index (χ3n) is 4.79. The summed E-state index contributed by atoms with van der Waals surface area (Å²) in [4.78, 5) is 14.7. The zero-order chi connectivity index (χ0) is 17.4. The van der Waals surface area contributed by atoms with E-state index in [9.17, 15) is 4.39 Å². The van der Waals surface area contributed by atoms with Gasteiger partial charge in [-0.05, 0) is 43.0 Å². The van der Waals surface area contributed by atoms with Gasteiger partial charge in [-0.2, -0.15) is 0 Å². The van der Waals surface area contributed by atoms with Crippen molar-refractivity contribution in [1.82, 2.24) is 15.0 Å². The van der Waals surface area contributed by atoms with Crippen LogP contribution in [0.25, 0.3) is 11.0 Å². The van der Waals surface area contributed by atoms with Gasteiger partial charge in [-0.3, -0.25) is 0 Å². The minimum absolute atomic E-state index is 0.235. The molecule has 0 amide bonds. The number of anilines is 1. The molecule has 3 aromatic rings. The predicted octanol–water partition coefficient (Wildman–Crippen LogP) is 4.76. The van der Waals surface area contributed by atoms with Gasteiger partial charge in [-0.25, -0.2) is 14.4 Å². The first-order valence-electron chi connectivity index (χ1n) is 8.20. The van der Waals surface area contributed by atoms with Gasteiger partial charge in [0.15, 0.2) is 0 Å². The molecule has 25 heavy (non-hydrogen) atoms. The third-order valence-corrected chi connectivity index (χ3v) is 6.31. The highest BCUT2D eigenvalue weighted by molar-refractivity contribution is 7.99. The van der Waals surface area contributed by atoms with Crippen LogP contribution in [0.4, 0.5) is 10.2 Å². The highest BCUT2D eigenvalue weighted by Crippen LogP contribution is 2.38. The largest absolute Gasteiger partial charge is 0.356 e. The number of hydrogen-bond acceptors (Lipinski definition) is 4. The van der Waals surface area contributed by atoms with E-state index in [1.807, 2.05) is 12.3 Å². The lowest BCUT2D eigenvalue weighted by molar-refractivity contribution is 0.285. The van der Waals surface area contributed by atoms with Crippen LogP contribution < -0.4 is 4.90 Å². The Balaban J connectivity index is 1.35. The second-order valence-corrected chi connectivity index (χ2v) is 7.92. The van der Waals surface area contributed by atoms with Crippen molar-refractivity contribution in [2.24, 2.45) is 5.92 Å². The molecule has 1 aromatic carbocycles. The van der Waals surface area contributed by atoms with Crippen molar-refractivity contribution in [1.29, 1.82) is 0 Å². The van der Waals surface area contributed by atoms with Gasteiger partial charge in [0.2, 0.25) is 0 Å². The number of nitrogens with zero attached hydrogens (tertiary/aromatic N) is 3. The maximum Gasteiger partial charge on any atom is 0.142 e. The summed E-state index contributed by atoms with van der Waals surface area (Å²) in [6.07, 6.45) is 5.67. The van der Waals surface area contributed by atoms with Gasteiger partial charge in [-0.1, -0.05) is 11.6 Å². The SMILES string of the molecule is CN(c1ncnc2[nH]ccc12)C1CC(CSc2ccc(Cl)cc2F)C1. The smallest absolute Gasteiger partial charge is 0.142 e. The summed E-state index contributed by atoms with van der Waals surface area (Å²) in [6.45, 7) is 0. The minimum Gasteiger partial charge on any atom is -0.356 e. The van der Waals surface area contributed by atoms with Gasteiger partial charge in [0.1, 0.15) is 23.6 Å². The summed E-state index contributed by atoms with van der Waals surface area (Å²) in [6, 6.07) is 7.35. The monoisotopic (exact) mass is 376 g/mol. The number of benzene rings is 1. The molecule has 2 aromatic heterocycles. The fraction of sp³-hybridized carbons (Fsp3) is 0.333. The van der Waals surface area contributed by atoms with Crippen LogP contribution in [0.3, 0.4) is 0 Å². The van der Waals surface area contributed by atoms with Gasteiger partial charge in [-0.15, -0.1) is 11.8 Å². The number of halogens is 2. The molecule has 0 aliphatic heterocycles. The molecular formula is C18H18ClFN4S. The van der Waals surface area contributed by atoms with E-state index in [0.717, 1.165) is 35.4 Å². The average Bonchev–Trinajstić information content (AvgIpc) is 3.03. The van der Waals surface area contributed by atoms with E-state index < -0.39 is 0 Å². The van der Waals surface area contributed by atoms with E-state index in [-0.39, 0.29) is 5.82 Å². The zero-order valence-electron chi connectivity index (χ0n) is 13.7. The molecule has 130 valence electrons. The van der Waals surface area contributed by atoms with Crippen LogP contribution in [0.5, 0.6) is 0 Å². The van der Waals surface area contributed by atoms with Crippen molar-refractivity contribution in [2.75, 3.05) is 17.7 Å². The summed E-state index contributed by atoms with van der Waals surface area (Å²) in [7, 11) is 2.08. The average molecular weight is 377 g/mol. The number of H-pyrrole nitrogens is 1. The fourth-order valence-electron chi connectivity index (χ4n) is 3.27. The normalized spacial score (nSPS) is 19.8. The summed E-state index contributed by atoms with van der Waals surface area (Å²) in [5, 5.41) is 1.49. The van der Waals surface area contributed by atoms with Crippen molar-refractivity contribution in [3.05, 3.63) is 47.6 Å². The van der Waals surface area contributed by atoms with Gasteiger partial charge in [0.05, 0.1) is 5.39 Å². The Morgan fingerprint density at radius 1 is 1.32 bits per heavy atom. The maximum atomic E-state index is 13.8. The van der Waals surface area contributed by atoms with Crippen LogP contribution in [0.15, 0.2) is 41.7 Å². The van der Waals surface area contributed by atoms with E-state index in [1.54, 1.807) is 30.2 Å². The molecule has 0 radical (unpaired) electrons. The highest BCUT2D eigenvalue weighted by atomic mass is 35.5. The van der Waals surface area contributed by atoms with Crippen molar-refractivity contribution < 1.29 is 4.39 Å². The molecular weight excluding hydrogens is 359 g/mol. The topological polar surface area (TPSA) is 44.8 Å². The van der Waals surface area contributed by atoms with Crippen LogP contribution >= 0.6 is 23.4 Å². The molecule has 1 fully saturated rings. The number of aromatic nitrogens is 3. The minimum atomic E-state index is -0.235. The lowest BCUT2D eigenvalue weighted by Crippen LogP contribution is -2.43. The Labute approximate surface area is 154 Å². The molecule has 1 aliphatic rings. The van der Waals surface area contributed by atoms with Gasteiger partial charge in [0, 0.05) is 35.0 Å². The van der Waals surface area contributed by atoms with Crippen LogP contribution in [0, 0.1) is 11.7 Å². The highest BCUT2D eigenvalue weighted by Gasteiger charge is 2.33. The second kappa shape index (κ2) is 6.84. The van der Waals surface area contributed by atoms with E-state index in [0.29, 0.717) is 21.9 Å². The Hall–Kier alpha value is -1.79. The van der Waals surface area contributed by atoms with E-state index in [2.05, 4.69) is 26.9 Å². The molecule has 1 aliphatic carbocycles. The molecule has 4 rings (SSSR count). The fourth-order valence-corrected chi connectivity index (χ4v) is 4.47. The lowest BCUT2D eigenvalue weighted by Gasteiger charge is -2.41. The Morgan fingerprint density at radius 3 is 2.96 bits per heavy atom. The maximum absolute atomic E-state index is 13.8. The predicted molar refractivity (Wildman–Crippen MR) is 101 cm³/mol. The number of thioether (sulfide) groups is 1. The molecule has 1 saturated carbocycles. The number of aromatic amines is 1. The van der Waals surface area contributed by atoms with Crippen molar-refractivity contribution >= 4 is 40.2 Å². The molecule has 0 atom stereocenters. The standard InChI is InChI=1S/C18H18ClFN4S/c1-24(18-14-4-5-21-17(14)22-10-23-18)13-6-11(7-13)9-25-16-3-2-12(19)8-15(16)20/h2-5,8,10-11,13H,6-7,9H2,1H3,(H,21,22,23). The second-order valence-electron chi connectivity index (χ2n) is 6.43. The first kappa shape index (κ1) is 16.7. The van der Waals surface area contributed by atoms with E-state index >= 15 is 0 Å². The number of nitrogens with one attached hydrogen (secondary N) is 1. The molecule has 0 saturated heterocycles. The summed E-state index contributed by atoms with van der Waals surface area (Å²) in [5.41, 5.74) is 0.862. The Kier molecular flexibility index (Phi) is 4.56. The number of fused-ring (bicyclic) bond motifs is 1. The first-order chi connectivity index (χ1) is 12.1. The molecule has 2 heterocycles. The summed E-state index contributed by atoms with van der Waals surface area (Å²) >= 11 is 7.37.